The second-order valence-electron chi connectivity index (χ2n) is 4.12. The van der Waals surface area contributed by atoms with E-state index in [0.29, 0.717) is 19.4 Å². The highest BCUT2D eigenvalue weighted by Gasteiger charge is 2.30. The summed E-state index contributed by atoms with van der Waals surface area (Å²) in [5, 5.41) is 2.59. The van der Waals surface area contributed by atoms with Crippen LogP contribution in [0.1, 0.15) is 18.4 Å². The van der Waals surface area contributed by atoms with Crippen molar-refractivity contribution in [2.24, 2.45) is 5.73 Å². The maximum absolute atomic E-state index is 12.5. The third-order valence-electron chi connectivity index (χ3n) is 2.46. The van der Waals surface area contributed by atoms with Crippen LogP contribution >= 0.6 is 12.4 Å². The van der Waals surface area contributed by atoms with Gasteiger partial charge in [0.15, 0.2) is 0 Å². The van der Waals surface area contributed by atoms with Crippen LogP contribution in [0, 0.1) is 0 Å². The summed E-state index contributed by atoms with van der Waals surface area (Å²) in [5.41, 5.74) is 4.50. The third-order valence-corrected chi connectivity index (χ3v) is 2.46. The highest BCUT2D eigenvalue weighted by molar-refractivity contribution is 5.85. The summed E-state index contributed by atoms with van der Waals surface area (Å²) in [7, 11) is 0. The summed E-state index contributed by atoms with van der Waals surface area (Å²) < 4.78 is 42.5. The molecule has 0 aliphatic carbocycles. The van der Waals surface area contributed by atoms with E-state index in [1.807, 2.05) is 0 Å². The predicted molar refractivity (Wildman–Crippen MR) is 75.5 cm³/mol. The van der Waals surface area contributed by atoms with E-state index in [-0.39, 0.29) is 37.2 Å². The van der Waals surface area contributed by atoms with Crippen molar-refractivity contribution in [3.63, 3.8) is 0 Å². The zero-order valence-electron chi connectivity index (χ0n) is 11.3. The van der Waals surface area contributed by atoms with Crippen molar-refractivity contribution in [3.8, 4) is 5.75 Å². The lowest BCUT2D eigenvalue weighted by Gasteiger charge is -2.10. The number of alkyl halides is 3. The quantitative estimate of drug-likeness (QED) is 0.756. The van der Waals surface area contributed by atoms with E-state index in [0.717, 1.165) is 12.1 Å². The van der Waals surface area contributed by atoms with Crippen LogP contribution in [-0.2, 0) is 11.0 Å². The maximum atomic E-state index is 12.5. The summed E-state index contributed by atoms with van der Waals surface area (Å²) in [6.07, 6.45) is -3.46. The lowest BCUT2D eigenvalue weighted by Crippen LogP contribution is -2.28. The summed E-state index contributed by atoms with van der Waals surface area (Å²) in [6, 6.07) is 4.61. The van der Waals surface area contributed by atoms with E-state index >= 15 is 0 Å². The molecular weight excluding hydrogens is 309 g/mol. The minimum Gasteiger partial charge on any atom is -0.492 e. The van der Waals surface area contributed by atoms with Gasteiger partial charge in [-0.2, -0.15) is 13.2 Å². The lowest BCUT2D eigenvalue weighted by atomic mass is 10.2. The number of nitrogens with one attached hydrogen (secondary N) is 1. The number of rotatable bonds is 7. The molecule has 0 aromatic heterocycles. The molecule has 0 spiro atoms. The number of ether oxygens (including phenoxy) is 1. The Bertz CT molecular complexity index is 442. The van der Waals surface area contributed by atoms with Crippen LogP contribution in [0.3, 0.4) is 0 Å². The normalized spacial score (nSPS) is 10.7. The Balaban J connectivity index is 0.00000400. The van der Waals surface area contributed by atoms with E-state index in [2.05, 4.69) is 5.32 Å². The number of carbonyl (C=O) groups excluding carboxylic acids is 1. The fourth-order valence-electron chi connectivity index (χ4n) is 1.47. The Morgan fingerprint density at radius 3 is 2.67 bits per heavy atom. The van der Waals surface area contributed by atoms with Gasteiger partial charge in [0.2, 0.25) is 5.91 Å². The molecular formula is C13H18ClF3N2O2. The fraction of sp³-hybridized carbons (Fsp3) is 0.462. The molecule has 1 rings (SSSR count). The Kier molecular flexibility index (Phi) is 8.80. The number of carbonyl (C=O) groups is 1. The molecule has 0 radical (unpaired) electrons. The van der Waals surface area contributed by atoms with Crippen molar-refractivity contribution < 1.29 is 22.7 Å². The largest absolute Gasteiger partial charge is 0.492 e. The molecule has 0 saturated carbocycles. The molecule has 1 aromatic carbocycles. The standard InChI is InChI=1S/C13H17F3N2O2.ClH/c14-13(15,16)10-3-1-4-11(9-10)20-8-7-18-12(19)5-2-6-17;/h1,3-4,9H,2,5-8,17H2,(H,18,19);1H. The molecule has 4 nitrogen and oxygen atoms in total. The predicted octanol–water partition coefficient (Wildman–Crippen LogP) is 2.36. The second-order valence-corrected chi connectivity index (χ2v) is 4.12. The number of benzene rings is 1. The Hall–Kier alpha value is -1.47. The van der Waals surface area contributed by atoms with E-state index in [4.69, 9.17) is 10.5 Å². The lowest BCUT2D eigenvalue weighted by molar-refractivity contribution is -0.137. The van der Waals surface area contributed by atoms with Gasteiger partial charge in [-0.05, 0) is 31.2 Å². The SMILES string of the molecule is Cl.NCCCC(=O)NCCOc1cccc(C(F)(F)F)c1. The van der Waals surface area contributed by atoms with Crippen LogP contribution in [0.2, 0.25) is 0 Å². The van der Waals surface area contributed by atoms with E-state index in [1.54, 1.807) is 0 Å². The van der Waals surface area contributed by atoms with Gasteiger partial charge in [-0.1, -0.05) is 6.07 Å². The highest BCUT2D eigenvalue weighted by atomic mass is 35.5. The molecule has 8 heteroatoms. The molecule has 0 aliphatic heterocycles. The smallest absolute Gasteiger partial charge is 0.416 e. The minimum atomic E-state index is -4.39. The average molecular weight is 327 g/mol. The molecule has 1 amide bonds. The van der Waals surface area contributed by atoms with Crippen molar-refractivity contribution in [3.05, 3.63) is 29.8 Å². The number of halogens is 4. The zero-order chi connectivity index (χ0) is 15.0. The summed E-state index contributed by atoms with van der Waals surface area (Å²) in [5.74, 6) is -0.0286. The molecule has 21 heavy (non-hydrogen) atoms. The molecule has 120 valence electrons. The van der Waals surface area contributed by atoms with Crippen LogP contribution in [0.5, 0.6) is 5.75 Å². The van der Waals surface area contributed by atoms with E-state index in [9.17, 15) is 18.0 Å². The molecule has 0 unspecified atom stereocenters. The number of amides is 1. The van der Waals surface area contributed by atoms with Gasteiger partial charge in [0, 0.05) is 6.42 Å². The van der Waals surface area contributed by atoms with Crippen LogP contribution in [0.4, 0.5) is 13.2 Å². The second kappa shape index (κ2) is 9.46. The van der Waals surface area contributed by atoms with Gasteiger partial charge >= 0.3 is 6.18 Å². The van der Waals surface area contributed by atoms with Crippen LogP contribution in [-0.4, -0.2) is 25.6 Å². The Labute approximate surface area is 127 Å². The average Bonchev–Trinajstić information content (AvgIpc) is 2.41. The fourth-order valence-corrected chi connectivity index (χ4v) is 1.47. The van der Waals surface area contributed by atoms with Gasteiger partial charge in [0.05, 0.1) is 12.1 Å². The topological polar surface area (TPSA) is 64.4 Å². The van der Waals surface area contributed by atoms with Crippen molar-refractivity contribution in [2.45, 2.75) is 19.0 Å². The minimum absolute atomic E-state index is 0. The molecule has 3 N–H and O–H groups in total. The first kappa shape index (κ1) is 19.5. The summed E-state index contributed by atoms with van der Waals surface area (Å²) in [4.78, 5) is 11.2. The first-order chi connectivity index (χ1) is 9.43. The van der Waals surface area contributed by atoms with Gasteiger partial charge in [0.25, 0.3) is 0 Å². The first-order valence-electron chi connectivity index (χ1n) is 6.20. The maximum Gasteiger partial charge on any atom is 0.416 e. The van der Waals surface area contributed by atoms with Crippen LogP contribution < -0.4 is 15.8 Å². The van der Waals surface area contributed by atoms with Gasteiger partial charge in [-0.25, -0.2) is 0 Å². The van der Waals surface area contributed by atoms with E-state index in [1.165, 1.54) is 12.1 Å². The Morgan fingerprint density at radius 2 is 2.05 bits per heavy atom. The van der Waals surface area contributed by atoms with Crippen LogP contribution in [0.15, 0.2) is 24.3 Å². The van der Waals surface area contributed by atoms with Crippen molar-refractivity contribution in [1.29, 1.82) is 0 Å². The molecule has 0 atom stereocenters. The molecule has 0 bridgehead atoms. The molecule has 0 fully saturated rings. The summed E-state index contributed by atoms with van der Waals surface area (Å²) in [6.45, 7) is 0.781. The van der Waals surface area contributed by atoms with Crippen LogP contribution in [0.25, 0.3) is 0 Å². The monoisotopic (exact) mass is 326 g/mol. The third kappa shape index (κ3) is 7.77. The molecule has 1 aromatic rings. The van der Waals surface area contributed by atoms with Gasteiger partial charge < -0.3 is 15.8 Å². The van der Waals surface area contributed by atoms with E-state index < -0.39 is 11.7 Å². The van der Waals surface area contributed by atoms with Crippen molar-refractivity contribution in [1.82, 2.24) is 5.32 Å². The summed E-state index contributed by atoms with van der Waals surface area (Å²) >= 11 is 0. The van der Waals surface area contributed by atoms with Gasteiger partial charge in [-0.3, -0.25) is 4.79 Å². The van der Waals surface area contributed by atoms with Gasteiger partial charge in [-0.15, -0.1) is 12.4 Å². The number of nitrogens with two attached hydrogens (primary N) is 1. The number of hydrogen-bond donors (Lipinski definition) is 2. The Morgan fingerprint density at radius 1 is 1.33 bits per heavy atom. The molecule has 0 heterocycles. The van der Waals surface area contributed by atoms with Gasteiger partial charge in [0.1, 0.15) is 12.4 Å². The van der Waals surface area contributed by atoms with Crippen molar-refractivity contribution >= 4 is 18.3 Å². The van der Waals surface area contributed by atoms with Crippen molar-refractivity contribution in [2.75, 3.05) is 19.7 Å². The molecule has 0 saturated heterocycles. The first-order valence-corrected chi connectivity index (χ1v) is 6.20. The molecule has 0 aliphatic rings. The highest BCUT2D eigenvalue weighted by Crippen LogP contribution is 2.31. The number of hydrogen-bond acceptors (Lipinski definition) is 3. The zero-order valence-corrected chi connectivity index (χ0v) is 12.1.